The number of nitrogens with two attached hydrogens (primary N) is 1. The van der Waals surface area contributed by atoms with Crippen LogP contribution in [0.2, 0.25) is 5.04 Å². The summed E-state index contributed by atoms with van der Waals surface area (Å²) in [5.41, 5.74) is 8.46. The van der Waals surface area contributed by atoms with Crippen molar-refractivity contribution in [2.45, 2.75) is 38.8 Å². The molecule has 3 aromatic rings. The number of ether oxygens (including phenoxy) is 4. The molecular weight excluding hydrogens is 458 g/mol. The highest BCUT2D eigenvalue weighted by atomic mass is 28.4. The summed E-state index contributed by atoms with van der Waals surface area (Å²) in [5.74, 6) is 1.98. The van der Waals surface area contributed by atoms with Crippen molar-refractivity contribution in [3.63, 3.8) is 0 Å². The average Bonchev–Trinajstić information content (AvgIpc) is 3.35. The van der Waals surface area contributed by atoms with Gasteiger partial charge >= 0.3 is 0 Å². The maximum Gasteiger partial charge on any atom is 0.261 e. The largest absolute Gasteiger partial charge is 0.467 e. The van der Waals surface area contributed by atoms with Crippen LogP contribution in [0.25, 0.3) is 0 Å². The Balaban J connectivity index is 1.73. The number of methoxy groups -OCH3 is 1. The molecule has 0 saturated carbocycles. The van der Waals surface area contributed by atoms with Gasteiger partial charge in [-0.25, -0.2) is 0 Å². The zero-order valence-corrected chi connectivity index (χ0v) is 22.2. The normalized spacial score (nSPS) is 14.1. The van der Waals surface area contributed by atoms with E-state index in [2.05, 4.69) is 69.3 Å². The summed E-state index contributed by atoms with van der Waals surface area (Å²) in [6.45, 7) is 9.29. The number of rotatable bonds is 9. The SMILES string of the molecule is COCOc1cc([C@@H](N)CO[Si](c2ccccc2)(c2ccccc2)C(C)(C)C)c2c(c1C)OCO2. The highest BCUT2D eigenvalue weighted by Crippen LogP contribution is 2.46. The predicted octanol–water partition coefficient (Wildman–Crippen LogP) is 4.28. The van der Waals surface area contributed by atoms with E-state index < -0.39 is 14.4 Å². The molecule has 7 heteroatoms. The third kappa shape index (κ3) is 4.82. The molecule has 0 aliphatic carbocycles. The molecule has 0 bridgehead atoms. The van der Waals surface area contributed by atoms with E-state index >= 15 is 0 Å². The molecule has 4 rings (SSSR count). The molecule has 186 valence electrons. The van der Waals surface area contributed by atoms with Gasteiger partial charge < -0.3 is 29.1 Å². The molecule has 1 aliphatic heterocycles. The Morgan fingerprint density at radius 2 is 1.51 bits per heavy atom. The summed E-state index contributed by atoms with van der Waals surface area (Å²) >= 11 is 0. The Hall–Kier alpha value is -2.84. The first-order valence-corrected chi connectivity index (χ1v) is 13.8. The van der Waals surface area contributed by atoms with Crippen molar-refractivity contribution >= 4 is 18.7 Å². The number of benzene rings is 3. The van der Waals surface area contributed by atoms with Crippen LogP contribution in [0, 0.1) is 6.92 Å². The van der Waals surface area contributed by atoms with Gasteiger partial charge in [-0.05, 0) is 28.4 Å². The van der Waals surface area contributed by atoms with E-state index in [-0.39, 0.29) is 18.6 Å². The fraction of sp³-hybridized carbons (Fsp3) is 0.357. The second-order valence-corrected chi connectivity index (χ2v) is 14.1. The van der Waals surface area contributed by atoms with Gasteiger partial charge in [-0.2, -0.15) is 0 Å². The molecule has 0 amide bonds. The molecule has 0 radical (unpaired) electrons. The van der Waals surface area contributed by atoms with Gasteiger partial charge in [-0.15, -0.1) is 0 Å². The Labute approximate surface area is 209 Å². The van der Waals surface area contributed by atoms with Gasteiger partial charge in [0.2, 0.25) is 6.79 Å². The molecule has 3 aromatic carbocycles. The molecule has 35 heavy (non-hydrogen) atoms. The van der Waals surface area contributed by atoms with Crippen LogP contribution in [0.3, 0.4) is 0 Å². The van der Waals surface area contributed by atoms with Crippen molar-refractivity contribution in [1.82, 2.24) is 0 Å². The van der Waals surface area contributed by atoms with Gasteiger partial charge in [-0.1, -0.05) is 81.4 Å². The molecular formula is C28H35NO5Si. The van der Waals surface area contributed by atoms with Crippen molar-refractivity contribution in [3.8, 4) is 17.2 Å². The summed E-state index contributed by atoms with van der Waals surface area (Å²) in [5, 5.41) is 2.28. The summed E-state index contributed by atoms with van der Waals surface area (Å²) in [6.07, 6.45) is 0. The lowest BCUT2D eigenvalue weighted by molar-refractivity contribution is 0.0504. The van der Waals surface area contributed by atoms with Gasteiger partial charge in [0.15, 0.2) is 18.3 Å². The van der Waals surface area contributed by atoms with Gasteiger partial charge in [0.05, 0.1) is 12.6 Å². The van der Waals surface area contributed by atoms with Crippen molar-refractivity contribution in [3.05, 3.63) is 77.9 Å². The summed E-state index contributed by atoms with van der Waals surface area (Å²) in [7, 11) is -1.13. The van der Waals surface area contributed by atoms with Gasteiger partial charge in [0.25, 0.3) is 8.32 Å². The van der Waals surface area contributed by atoms with Crippen LogP contribution in [0.5, 0.6) is 17.2 Å². The zero-order valence-electron chi connectivity index (χ0n) is 21.2. The molecule has 6 nitrogen and oxygen atoms in total. The number of hydrogen-bond acceptors (Lipinski definition) is 6. The molecule has 0 saturated heterocycles. The highest BCUT2D eigenvalue weighted by molar-refractivity contribution is 6.99. The molecule has 0 aromatic heterocycles. The first kappa shape index (κ1) is 25.3. The first-order valence-electron chi connectivity index (χ1n) is 11.8. The van der Waals surface area contributed by atoms with E-state index in [9.17, 15) is 0 Å². The van der Waals surface area contributed by atoms with Crippen LogP contribution < -0.4 is 30.3 Å². The van der Waals surface area contributed by atoms with E-state index in [0.29, 0.717) is 23.9 Å². The fourth-order valence-corrected chi connectivity index (χ4v) is 9.40. The van der Waals surface area contributed by atoms with Crippen molar-refractivity contribution in [1.29, 1.82) is 0 Å². The molecule has 0 spiro atoms. The Bertz CT molecular complexity index is 1090. The highest BCUT2D eigenvalue weighted by Gasteiger charge is 2.50. The average molecular weight is 494 g/mol. The van der Waals surface area contributed by atoms with E-state index in [1.54, 1.807) is 7.11 Å². The Morgan fingerprint density at radius 1 is 0.943 bits per heavy atom. The standard InChI is InChI=1S/C28H35NO5Si/c1-20-25(31-18-30-5)16-23(27-26(20)32-19-33-27)24(29)17-34-35(28(2,3)4,21-12-8-6-9-13-21)22-14-10-7-11-15-22/h6-16,24H,17-19,29H2,1-5H3/t24-/m0/s1. The van der Waals surface area contributed by atoms with Gasteiger partial charge in [-0.3, -0.25) is 0 Å². The summed E-state index contributed by atoms with van der Waals surface area (Å²) in [4.78, 5) is 0. The van der Waals surface area contributed by atoms with Crippen LogP contribution >= 0.6 is 0 Å². The lowest BCUT2D eigenvalue weighted by Gasteiger charge is -2.43. The minimum absolute atomic E-state index is 0.133. The van der Waals surface area contributed by atoms with E-state index in [0.717, 1.165) is 11.1 Å². The Kier molecular flexibility index (Phi) is 7.52. The lowest BCUT2D eigenvalue weighted by Crippen LogP contribution is -2.67. The summed E-state index contributed by atoms with van der Waals surface area (Å²) in [6, 6.07) is 22.5. The topological polar surface area (TPSA) is 72.2 Å². The van der Waals surface area contributed by atoms with Crippen LogP contribution in [-0.2, 0) is 9.16 Å². The van der Waals surface area contributed by atoms with Crippen LogP contribution in [0.4, 0.5) is 0 Å². The van der Waals surface area contributed by atoms with Crippen molar-refractivity contribution in [2.75, 3.05) is 27.3 Å². The molecule has 1 heterocycles. The molecule has 2 N–H and O–H groups in total. The number of fused-ring (bicyclic) bond motifs is 1. The van der Waals surface area contributed by atoms with Gasteiger partial charge in [0.1, 0.15) is 5.75 Å². The van der Waals surface area contributed by atoms with E-state index in [4.69, 9.17) is 29.1 Å². The van der Waals surface area contributed by atoms with Crippen molar-refractivity contribution < 1.29 is 23.4 Å². The molecule has 0 fully saturated rings. The first-order chi connectivity index (χ1) is 16.8. The maximum atomic E-state index is 7.05. The zero-order chi connectivity index (χ0) is 25.1. The molecule has 0 unspecified atom stereocenters. The minimum Gasteiger partial charge on any atom is -0.467 e. The Morgan fingerprint density at radius 3 is 2.06 bits per heavy atom. The van der Waals surface area contributed by atoms with Crippen LogP contribution in [-0.4, -0.2) is 35.6 Å². The third-order valence-electron chi connectivity index (χ3n) is 6.50. The van der Waals surface area contributed by atoms with Crippen LogP contribution in [0.1, 0.15) is 37.9 Å². The quantitative estimate of drug-likeness (QED) is 0.354. The monoisotopic (exact) mass is 493 g/mol. The third-order valence-corrected chi connectivity index (χ3v) is 11.5. The number of hydrogen-bond donors (Lipinski definition) is 1. The van der Waals surface area contributed by atoms with E-state index in [1.165, 1.54) is 10.4 Å². The van der Waals surface area contributed by atoms with Crippen LogP contribution in [0.15, 0.2) is 66.7 Å². The minimum atomic E-state index is -2.72. The maximum absolute atomic E-state index is 7.05. The fourth-order valence-electron chi connectivity index (χ4n) is 4.81. The lowest BCUT2D eigenvalue weighted by atomic mass is 10.0. The predicted molar refractivity (Wildman–Crippen MR) is 140 cm³/mol. The summed E-state index contributed by atoms with van der Waals surface area (Å²) < 4.78 is 29.5. The van der Waals surface area contributed by atoms with Gasteiger partial charge in [0, 0.05) is 18.2 Å². The van der Waals surface area contributed by atoms with Crippen molar-refractivity contribution in [2.24, 2.45) is 5.73 Å². The smallest absolute Gasteiger partial charge is 0.261 e. The second kappa shape index (κ2) is 10.4. The molecule has 1 aliphatic rings. The second-order valence-electron chi connectivity index (χ2n) is 9.79. The van der Waals surface area contributed by atoms with E-state index in [1.807, 2.05) is 25.1 Å². The molecule has 1 atom stereocenters.